The van der Waals surface area contributed by atoms with Gasteiger partial charge in [-0.15, -0.1) is 0 Å². The predicted molar refractivity (Wildman–Crippen MR) is 98.2 cm³/mol. The predicted octanol–water partition coefficient (Wildman–Crippen LogP) is 4.16. The molecule has 2 aliphatic rings. The summed E-state index contributed by atoms with van der Waals surface area (Å²) >= 11 is 0. The molecule has 4 rings (SSSR count). The van der Waals surface area contributed by atoms with Crippen molar-refractivity contribution in [2.24, 2.45) is 5.92 Å². The average Bonchev–Trinajstić information content (AvgIpc) is 3.13. The lowest BCUT2D eigenvalue weighted by Gasteiger charge is -2.35. The number of rotatable bonds is 5. The Bertz CT molecular complexity index is 860. The van der Waals surface area contributed by atoms with E-state index in [4.69, 9.17) is 23.7 Å². The Morgan fingerprint density at radius 3 is 2.59 bits per heavy atom. The number of hydrogen-bond donors (Lipinski definition) is 0. The molecule has 0 spiro atoms. The number of fused-ring (bicyclic) bond motifs is 2. The second kappa shape index (κ2) is 7.02. The maximum Gasteiger partial charge on any atom is 0.231 e. The quantitative estimate of drug-likeness (QED) is 0.737. The van der Waals surface area contributed by atoms with Crippen LogP contribution in [0, 0.1) is 5.92 Å². The molecule has 0 radical (unpaired) electrons. The number of carbonyl (C=O) groups is 1. The fraction of sp³-hybridized carbons (Fsp3) is 0.381. The Balaban J connectivity index is 1.73. The third-order valence-corrected chi connectivity index (χ3v) is 4.72. The molecule has 0 amide bonds. The molecule has 0 bridgehead atoms. The topological polar surface area (TPSA) is 63.2 Å². The lowest BCUT2D eigenvalue weighted by atomic mass is 9.95. The van der Waals surface area contributed by atoms with Gasteiger partial charge in [0.1, 0.15) is 11.9 Å². The third-order valence-electron chi connectivity index (χ3n) is 4.72. The maximum absolute atomic E-state index is 11.3. The van der Waals surface area contributed by atoms with Gasteiger partial charge in [0.2, 0.25) is 6.79 Å². The fourth-order valence-electron chi connectivity index (χ4n) is 3.46. The summed E-state index contributed by atoms with van der Waals surface area (Å²) in [6.07, 6.45) is 1.07. The molecular formula is C21H22O6. The van der Waals surface area contributed by atoms with Crippen molar-refractivity contribution in [1.29, 1.82) is 0 Å². The first kappa shape index (κ1) is 17.5. The van der Waals surface area contributed by atoms with Crippen LogP contribution in [0.3, 0.4) is 0 Å². The summed E-state index contributed by atoms with van der Waals surface area (Å²) in [6.45, 7) is 4.51. The molecule has 2 aromatic rings. The van der Waals surface area contributed by atoms with Crippen LogP contribution < -0.4 is 23.7 Å². The van der Waals surface area contributed by atoms with Crippen LogP contribution in [0.2, 0.25) is 0 Å². The summed E-state index contributed by atoms with van der Waals surface area (Å²) in [7, 11) is 1.52. The summed E-state index contributed by atoms with van der Waals surface area (Å²) in [5.74, 6) is 3.42. The number of hydrogen-bond acceptors (Lipinski definition) is 6. The van der Waals surface area contributed by atoms with E-state index in [1.165, 1.54) is 7.11 Å². The van der Waals surface area contributed by atoms with Crippen molar-refractivity contribution in [1.82, 2.24) is 0 Å². The molecule has 6 nitrogen and oxygen atoms in total. The van der Waals surface area contributed by atoms with Crippen molar-refractivity contribution in [3.05, 3.63) is 41.5 Å². The number of carbonyl (C=O) groups excluding carboxylic acids is 1. The summed E-state index contributed by atoms with van der Waals surface area (Å²) in [4.78, 5) is 11.3. The molecular weight excluding hydrogens is 348 g/mol. The molecule has 0 aromatic heterocycles. The summed E-state index contributed by atoms with van der Waals surface area (Å²) in [5, 5.41) is 0. The Labute approximate surface area is 157 Å². The molecule has 2 atom stereocenters. The SMILES string of the molecule is COc1cc2c(cc1C=O)O[C@@H](CC(C)C)[C@@H](c1ccc3c(c1)OCO3)O2. The first-order valence-corrected chi connectivity index (χ1v) is 8.99. The first-order valence-electron chi connectivity index (χ1n) is 8.99. The van der Waals surface area contributed by atoms with Crippen molar-refractivity contribution in [2.75, 3.05) is 13.9 Å². The minimum absolute atomic E-state index is 0.189. The molecule has 27 heavy (non-hydrogen) atoms. The van der Waals surface area contributed by atoms with Gasteiger partial charge in [0.25, 0.3) is 0 Å². The lowest BCUT2D eigenvalue weighted by Crippen LogP contribution is -2.34. The van der Waals surface area contributed by atoms with Crippen molar-refractivity contribution in [3.8, 4) is 28.7 Å². The zero-order valence-corrected chi connectivity index (χ0v) is 15.6. The zero-order chi connectivity index (χ0) is 19.0. The molecule has 142 valence electrons. The summed E-state index contributed by atoms with van der Waals surface area (Å²) in [6, 6.07) is 9.16. The molecule has 2 aliphatic heterocycles. The average molecular weight is 370 g/mol. The van der Waals surface area contributed by atoms with Gasteiger partial charge in [0.05, 0.1) is 12.7 Å². The van der Waals surface area contributed by atoms with Crippen LogP contribution in [0.1, 0.15) is 42.3 Å². The molecule has 0 saturated carbocycles. The number of methoxy groups -OCH3 is 1. The third kappa shape index (κ3) is 3.27. The molecule has 0 fully saturated rings. The minimum atomic E-state index is -0.304. The number of ether oxygens (including phenoxy) is 5. The standard InChI is InChI=1S/C21H22O6/c1-12(2)6-20-21(13-4-5-15-17(7-13)25-11-24-15)27-19-9-16(23-3)14(10-22)8-18(19)26-20/h4-5,7-10,12,20-21H,6,11H2,1-3H3/t20-,21+/m0/s1. The normalized spacial score (nSPS) is 19.9. The van der Waals surface area contributed by atoms with Gasteiger partial charge in [-0.1, -0.05) is 19.9 Å². The Hall–Kier alpha value is -2.89. The van der Waals surface area contributed by atoms with Crippen LogP contribution in [0.15, 0.2) is 30.3 Å². The van der Waals surface area contributed by atoms with E-state index in [-0.39, 0.29) is 19.0 Å². The second-order valence-corrected chi connectivity index (χ2v) is 7.10. The van der Waals surface area contributed by atoms with E-state index in [0.717, 1.165) is 24.0 Å². The maximum atomic E-state index is 11.3. The van der Waals surface area contributed by atoms with Gasteiger partial charge < -0.3 is 23.7 Å². The van der Waals surface area contributed by atoms with Crippen LogP contribution in [0.4, 0.5) is 0 Å². The highest BCUT2D eigenvalue weighted by Gasteiger charge is 2.35. The van der Waals surface area contributed by atoms with Crippen LogP contribution >= 0.6 is 0 Å². The van der Waals surface area contributed by atoms with E-state index in [9.17, 15) is 4.79 Å². The molecule has 0 N–H and O–H groups in total. The van der Waals surface area contributed by atoms with Gasteiger partial charge in [-0.05, 0) is 30.5 Å². The second-order valence-electron chi connectivity index (χ2n) is 7.10. The molecule has 0 unspecified atom stereocenters. The molecule has 2 aromatic carbocycles. The van der Waals surface area contributed by atoms with Crippen LogP contribution in [-0.4, -0.2) is 26.3 Å². The molecule has 0 aliphatic carbocycles. The van der Waals surface area contributed by atoms with E-state index in [0.29, 0.717) is 34.5 Å². The van der Waals surface area contributed by atoms with E-state index in [1.54, 1.807) is 12.1 Å². The van der Waals surface area contributed by atoms with Crippen LogP contribution in [0.5, 0.6) is 28.7 Å². The number of aldehydes is 1. The zero-order valence-electron chi connectivity index (χ0n) is 15.6. The smallest absolute Gasteiger partial charge is 0.231 e. The highest BCUT2D eigenvalue weighted by molar-refractivity contribution is 5.81. The Morgan fingerprint density at radius 2 is 1.85 bits per heavy atom. The van der Waals surface area contributed by atoms with E-state index in [2.05, 4.69) is 13.8 Å². The van der Waals surface area contributed by atoms with Crippen molar-refractivity contribution in [3.63, 3.8) is 0 Å². The summed E-state index contributed by atoms with van der Waals surface area (Å²) in [5.41, 5.74) is 1.39. The highest BCUT2D eigenvalue weighted by Crippen LogP contribution is 2.45. The van der Waals surface area contributed by atoms with Crippen molar-refractivity contribution >= 4 is 6.29 Å². The largest absolute Gasteiger partial charge is 0.496 e. The monoisotopic (exact) mass is 370 g/mol. The molecule has 6 heteroatoms. The molecule has 0 saturated heterocycles. The van der Waals surface area contributed by atoms with Crippen molar-refractivity contribution in [2.45, 2.75) is 32.5 Å². The van der Waals surface area contributed by atoms with E-state index in [1.807, 2.05) is 18.2 Å². The van der Waals surface area contributed by atoms with Gasteiger partial charge in [0.15, 0.2) is 35.4 Å². The van der Waals surface area contributed by atoms with Gasteiger partial charge >= 0.3 is 0 Å². The first-order chi connectivity index (χ1) is 13.1. The van der Waals surface area contributed by atoms with Gasteiger partial charge in [-0.2, -0.15) is 0 Å². The van der Waals surface area contributed by atoms with Gasteiger partial charge in [-0.3, -0.25) is 4.79 Å². The Kier molecular flexibility index (Phi) is 4.56. The van der Waals surface area contributed by atoms with E-state index < -0.39 is 0 Å². The van der Waals surface area contributed by atoms with Crippen LogP contribution in [-0.2, 0) is 0 Å². The fourth-order valence-corrected chi connectivity index (χ4v) is 3.46. The Morgan fingerprint density at radius 1 is 1.07 bits per heavy atom. The van der Waals surface area contributed by atoms with E-state index >= 15 is 0 Å². The number of benzene rings is 2. The highest BCUT2D eigenvalue weighted by atomic mass is 16.7. The van der Waals surface area contributed by atoms with Gasteiger partial charge in [-0.25, -0.2) is 0 Å². The lowest BCUT2D eigenvalue weighted by molar-refractivity contribution is 0.00777. The summed E-state index contributed by atoms with van der Waals surface area (Å²) < 4.78 is 28.8. The minimum Gasteiger partial charge on any atom is -0.496 e. The van der Waals surface area contributed by atoms with Crippen LogP contribution in [0.25, 0.3) is 0 Å². The van der Waals surface area contributed by atoms with Crippen molar-refractivity contribution < 1.29 is 28.5 Å². The van der Waals surface area contributed by atoms with Gasteiger partial charge in [0, 0.05) is 11.6 Å². The molecule has 2 heterocycles.